The summed E-state index contributed by atoms with van der Waals surface area (Å²) in [6, 6.07) is 4.70. The number of amides is 1. The molecule has 1 aromatic carbocycles. The zero-order valence-electron chi connectivity index (χ0n) is 11.1. The molecule has 0 unspecified atom stereocenters. The highest BCUT2D eigenvalue weighted by Crippen LogP contribution is 2.34. The topological polar surface area (TPSA) is 57.6 Å². The van der Waals surface area contributed by atoms with Gasteiger partial charge in [0.05, 0.1) is 4.91 Å². The van der Waals surface area contributed by atoms with Crippen LogP contribution in [0.15, 0.2) is 29.2 Å². The normalized spacial score (nSPS) is 18.4. The number of carbonyl (C=O) groups excluding carboxylic acids is 1. The fourth-order valence-corrected chi connectivity index (χ4v) is 3.28. The maximum atomic E-state index is 12.9. The van der Waals surface area contributed by atoms with Gasteiger partial charge in [-0.05, 0) is 30.2 Å². The summed E-state index contributed by atoms with van der Waals surface area (Å²) in [5.41, 5.74) is 0.653. The molecule has 1 fully saturated rings. The predicted molar refractivity (Wildman–Crippen MR) is 83.1 cm³/mol. The van der Waals surface area contributed by atoms with E-state index in [1.165, 1.54) is 24.3 Å². The maximum Gasteiger partial charge on any atom is 0.326 e. The van der Waals surface area contributed by atoms with E-state index in [-0.39, 0.29) is 16.6 Å². The first-order chi connectivity index (χ1) is 9.93. The van der Waals surface area contributed by atoms with E-state index in [0.717, 1.165) is 16.7 Å². The fraction of sp³-hybridized carbons (Fsp3) is 0.214. The molecule has 7 heteroatoms. The van der Waals surface area contributed by atoms with Crippen LogP contribution in [-0.4, -0.2) is 32.2 Å². The molecular formula is C14H12FNO3S2. The van der Waals surface area contributed by atoms with Crippen LogP contribution >= 0.6 is 24.0 Å². The molecule has 1 aromatic rings. The summed E-state index contributed by atoms with van der Waals surface area (Å²) >= 11 is 6.15. The molecule has 0 spiro atoms. The van der Waals surface area contributed by atoms with Crippen molar-refractivity contribution in [1.82, 2.24) is 4.90 Å². The minimum absolute atomic E-state index is 0.225. The molecule has 1 aliphatic rings. The van der Waals surface area contributed by atoms with Gasteiger partial charge in [0.1, 0.15) is 16.2 Å². The lowest BCUT2D eigenvalue weighted by atomic mass is 10.2. The Labute approximate surface area is 130 Å². The van der Waals surface area contributed by atoms with Gasteiger partial charge in [-0.2, -0.15) is 0 Å². The minimum Gasteiger partial charge on any atom is -0.480 e. The van der Waals surface area contributed by atoms with Gasteiger partial charge in [0.2, 0.25) is 0 Å². The van der Waals surface area contributed by atoms with Crippen LogP contribution in [0, 0.1) is 5.82 Å². The summed E-state index contributed by atoms with van der Waals surface area (Å²) < 4.78 is 13.1. The largest absolute Gasteiger partial charge is 0.480 e. The van der Waals surface area contributed by atoms with Gasteiger partial charge in [0, 0.05) is 0 Å². The standard InChI is InChI=1S/C14H12FNO3S2/c1-2-10(13(18)19)16-12(17)11(21-14(16)20)7-8-3-5-9(15)6-4-8/h3-7,10H,2H2,1H3,(H,18,19)/b11-7-/t10-/m0/s1. The molecule has 110 valence electrons. The lowest BCUT2D eigenvalue weighted by molar-refractivity contribution is -0.145. The Bertz CT molecular complexity index is 628. The number of benzene rings is 1. The molecule has 1 amide bonds. The second-order valence-electron chi connectivity index (χ2n) is 4.37. The highest BCUT2D eigenvalue weighted by atomic mass is 32.2. The summed E-state index contributed by atoms with van der Waals surface area (Å²) in [4.78, 5) is 25.0. The summed E-state index contributed by atoms with van der Waals surface area (Å²) in [6.07, 6.45) is 1.85. The van der Waals surface area contributed by atoms with Crippen molar-refractivity contribution in [3.63, 3.8) is 0 Å². The van der Waals surface area contributed by atoms with E-state index < -0.39 is 17.9 Å². The third-order valence-electron chi connectivity index (χ3n) is 2.97. The molecule has 21 heavy (non-hydrogen) atoms. The van der Waals surface area contributed by atoms with Crippen LogP contribution in [0.1, 0.15) is 18.9 Å². The van der Waals surface area contributed by atoms with Crippen molar-refractivity contribution in [3.8, 4) is 0 Å². The lowest BCUT2D eigenvalue weighted by Crippen LogP contribution is -2.43. The number of carbonyl (C=O) groups is 2. The van der Waals surface area contributed by atoms with Crippen molar-refractivity contribution >= 4 is 46.3 Å². The van der Waals surface area contributed by atoms with Crippen molar-refractivity contribution in [2.24, 2.45) is 0 Å². The summed E-state index contributed by atoms with van der Waals surface area (Å²) in [5, 5.41) is 9.15. The minimum atomic E-state index is -1.09. The van der Waals surface area contributed by atoms with E-state index in [4.69, 9.17) is 17.3 Å². The van der Waals surface area contributed by atoms with E-state index in [1.807, 2.05) is 0 Å². The van der Waals surface area contributed by atoms with Crippen molar-refractivity contribution < 1.29 is 19.1 Å². The van der Waals surface area contributed by atoms with Gasteiger partial charge >= 0.3 is 5.97 Å². The van der Waals surface area contributed by atoms with Gasteiger partial charge in [-0.25, -0.2) is 9.18 Å². The predicted octanol–water partition coefficient (Wildman–Crippen LogP) is 2.89. The lowest BCUT2D eigenvalue weighted by Gasteiger charge is -2.21. The molecule has 1 saturated heterocycles. The van der Waals surface area contributed by atoms with E-state index in [2.05, 4.69) is 0 Å². The Morgan fingerprint density at radius 3 is 2.62 bits per heavy atom. The van der Waals surface area contributed by atoms with Crippen molar-refractivity contribution in [2.75, 3.05) is 0 Å². The first-order valence-electron chi connectivity index (χ1n) is 6.19. The Kier molecular flexibility index (Phi) is 4.74. The molecule has 0 aliphatic carbocycles. The van der Waals surface area contributed by atoms with Crippen LogP contribution in [0.4, 0.5) is 4.39 Å². The van der Waals surface area contributed by atoms with E-state index in [0.29, 0.717) is 10.5 Å². The van der Waals surface area contributed by atoms with Gasteiger partial charge in [0.25, 0.3) is 5.91 Å². The van der Waals surface area contributed by atoms with Crippen LogP contribution in [-0.2, 0) is 9.59 Å². The van der Waals surface area contributed by atoms with Gasteiger partial charge in [0.15, 0.2) is 0 Å². The molecule has 1 heterocycles. The van der Waals surface area contributed by atoms with Gasteiger partial charge in [-0.15, -0.1) is 0 Å². The number of carboxylic acids is 1. The molecule has 0 aromatic heterocycles. The average Bonchev–Trinajstić information content (AvgIpc) is 2.70. The first kappa shape index (κ1) is 15.7. The molecule has 0 bridgehead atoms. The Morgan fingerprint density at radius 2 is 2.10 bits per heavy atom. The van der Waals surface area contributed by atoms with Crippen LogP contribution in [0.25, 0.3) is 6.08 Å². The van der Waals surface area contributed by atoms with Crippen LogP contribution in [0.3, 0.4) is 0 Å². The molecular weight excluding hydrogens is 313 g/mol. The third-order valence-corrected chi connectivity index (χ3v) is 4.31. The fourth-order valence-electron chi connectivity index (χ4n) is 1.93. The van der Waals surface area contributed by atoms with Crippen molar-refractivity contribution in [1.29, 1.82) is 0 Å². The quantitative estimate of drug-likeness (QED) is 0.681. The molecule has 1 N–H and O–H groups in total. The Hall–Kier alpha value is -1.73. The number of hydrogen-bond acceptors (Lipinski definition) is 4. The first-order valence-corrected chi connectivity index (χ1v) is 7.42. The summed E-state index contributed by atoms with van der Waals surface area (Å²) in [7, 11) is 0. The number of aliphatic carboxylic acids is 1. The number of hydrogen-bond donors (Lipinski definition) is 1. The smallest absolute Gasteiger partial charge is 0.326 e. The number of rotatable bonds is 4. The zero-order valence-corrected chi connectivity index (χ0v) is 12.7. The molecule has 0 radical (unpaired) electrons. The maximum absolute atomic E-state index is 12.9. The van der Waals surface area contributed by atoms with Crippen molar-refractivity contribution in [2.45, 2.75) is 19.4 Å². The van der Waals surface area contributed by atoms with Crippen LogP contribution < -0.4 is 0 Å². The highest BCUT2D eigenvalue weighted by Gasteiger charge is 2.39. The third kappa shape index (κ3) is 3.30. The van der Waals surface area contributed by atoms with E-state index in [9.17, 15) is 14.0 Å². The van der Waals surface area contributed by atoms with E-state index in [1.54, 1.807) is 13.0 Å². The Morgan fingerprint density at radius 1 is 1.48 bits per heavy atom. The van der Waals surface area contributed by atoms with Crippen molar-refractivity contribution in [3.05, 3.63) is 40.6 Å². The molecule has 4 nitrogen and oxygen atoms in total. The number of nitrogens with zero attached hydrogens (tertiary/aromatic N) is 1. The molecule has 1 atom stereocenters. The molecule has 1 aliphatic heterocycles. The summed E-state index contributed by atoms with van der Waals surface area (Å²) in [6.45, 7) is 1.68. The Balaban J connectivity index is 2.29. The molecule has 0 saturated carbocycles. The average molecular weight is 325 g/mol. The van der Waals surface area contributed by atoms with Gasteiger partial charge < -0.3 is 5.11 Å². The number of halogens is 1. The van der Waals surface area contributed by atoms with E-state index >= 15 is 0 Å². The second kappa shape index (κ2) is 6.36. The highest BCUT2D eigenvalue weighted by molar-refractivity contribution is 8.26. The molecule has 2 rings (SSSR count). The number of thioether (sulfide) groups is 1. The number of thiocarbonyl (C=S) groups is 1. The van der Waals surface area contributed by atoms with Gasteiger partial charge in [-0.3, -0.25) is 9.69 Å². The van der Waals surface area contributed by atoms with Crippen LogP contribution in [0.2, 0.25) is 0 Å². The van der Waals surface area contributed by atoms with Gasteiger partial charge in [-0.1, -0.05) is 43.0 Å². The SMILES string of the molecule is CC[C@@H](C(=O)O)N1C(=O)/C(=C/c2ccc(F)cc2)SC1=S. The number of carboxylic acid groups (broad SMARTS) is 1. The summed E-state index contributed by atoms with van der Waals surface area (Å²) in [5.74, 6) is -1.88. The monoisotopic (exact) mass is 325 g/mol. The zero-order chi connectivity index (χ0) is 15.6. The van der Waals surface area contributed by atoms with Crippen LogP contribution in [0.5, 0.6) is 0 Å². The second-order valence-corrected chi connectivity index (χ2v) is 6.04.